The minimum Gasteiger partial charge on any atom is -0.337 e. The van der Waals surface area contributed by atoms with Crippen molar-refractivity contribution in [1.29, 1.82) is 0 Å². The van der Waals surface area contributed by atoms with Gasteiger partial charge in [-0.05, 0) is 17.9 Å². The largest absolute Gasteiger partial charge is 0.337 e. The van der Waals surface area contributed by atoms with E-state index in [-0.39, 0.29) is 0 Å². The maximum Gasteiger partial charge on any atom is 0.129 e. The fourth-order valence-electron chi connectivity index (χ4n) is 1.71. The molecule has 1 aromatic carbocycles. The van der Waals surface area contributed by atoms with Gasteiger partial charge in [0.1, 0.15) is 7.85 Å². The van der Waals surface area contributed by atoms with E-state index in [9.17, 15) is 0 Å². The van der Waals surface area contributed by atoms with E-state index >= 15 is 0 Å². The first-order chi connectivity index (χ1) is 9.22. The molecule has 0 atom stereocenters. The van der Waals surface area contributed by atoms with Crippen LogP contribution in [-0.2, 0) is 13.0 Å². The molecule has 2 aromatic rings. The lowest BCUT2D eigenvalue weighted by atomic mass is 10.1. The summed E-state index contributed by atoms with van der Waals surface area (Å²) in [5.41, 5.74) is 1.37. The minimum absolute atomic E-state index is 0.718. The van der Waals surface area contributed by atoms with Gasteiger partial charge in [-0.2, -0.15) is 0 Å². The summed E-state index contributed by atoms with van der Waals surface area (Å²) in [5.74, 6) is 2.79. The Kier molecular flexibility index (Phi) is 7.41. The zero-order chi connectivity index (χ0) is 13.9. The summed E-state index contributed by atoms with van der Waals surface area (Å²) in [4.78, 5) is 4.00. The van der Waals surface area contributed by atoms with Gasteiger partial charge in [0, 0.05) is 18.9 Å². The molecular formula is C16H23BN2. The Hall–Kier alpha value is -1.77. The molecule has 0 unspecified atom stereocenters. The maximum atomic E-state index is 4.00. The number of aryl methyl sites for hydroxylation is 2. The Balaban J connectivity index is 0.000000258. The Morgan fingerprint density at radius 1 is 1.26 bits per heavy atom. The van der Waals surface area contributed by atoms with E-state index in [4.69, 9.17) is 0 Å². The van der Waals surface area contributed by atoms with E-state index in [1.165, 1.54) is 5.56 Å². The number of nitrogens with zero attached hydrogens (tertiary/aromatic N) is 2. The number of hydrogen-bond donors (Lipinski definition) is 0. The van der Waals surface area contributed by atoms with Gasteiger partial charge in [0.05, 0.1) is 6.33 Å². The van der Waals surface area contributed by atoms with Crippen LogP contribution in [0.2, 0.25) is 0 Å². The van der Waals surface area contributed by atoms with Gasteiger partial charge in [0.15, 0.2) is 0 Å². The highest BCUT2D eigenvalue weighted by Crippen LogP contribution is 2.01. The lowest BCUT2D eigenvalue weighted by Gasteiger charge is -2.01. The van der Waals surface area contributed by atoms with Crippen LogP contribution in [0.5, 0.6) is 0 Å². The molecule has 0 N–H and O–H groups in total. The van der Waals surface area contributed by atoms with E-state index < -0.39 is 0 Å². The second-order valence-corrected chi connectivity index (χ2v) is 4.81. The summed E-state index contributed by atoms with van der Waals surface area (Å²) in [7, 11) is 2.04. The highest BCUT2D eigenvalue weighted by molar-refractivity contribution is 6.16. The first-order valence-corrected chi connectivity index (χ1v) is 6.85. The van der Waals surface area contributed by atoms with Crippen LogP contribution in [0.3, 0.4) is 0 Å². The van der Waals surface area contributed by atoms with Crippen LogP contribution in [0.25, 0.3) is 0 Å². The summed E-state index contributed by atoms with van der Waals surface area (Å²) in [5, 5.41) is 0. The van der Waals surface area contributed by atoms with Crippen molar-refractivity contribution >= 4 is 7.85 Å². The summed E-state index contributed by atoms with van der Waals surface area (Å²) >= 11 is 0. The van der Waals surface area contributed by atoms with E-state index in [2.05, 4.69) is 59.7 Å². The molecule has 0 fully saturated rings. The van der Waals surface area contributed by atoms with E-state index in [1.807, 2.05) is 32.6 Å². The van der Waals surface area contributed by atoms with Crippen molar-refractivity contribution in [2.24, 2.45) is 5.92 Å². The van der Waals surface area contributed by atoms with Crippen molar-refractivity contribution in [1.82, 2.24) is 9.55 Å². The van der Waals surface area contributed by atoms with Gasteiger partial charge in [-0.15, -0.1) is 5.98 Å². The van der Waals surface area contributed by atoms with Gasteiger partial charge in [-0.25, -0.2) is 4.98 Å². The number of allylic oxidation sites excluding steroid dienone is 1. The Morgan fingerprint density at radius 3 is 2.47 bits per heavy atom. The molecule has 2 rings (SSSR count). The van der Waals surface area contributed by atoms with Crippen LogP contribution < -0.4 is 0 Å². The Labute approximate surface area is 117 Å². The molecule has 0 saturated heterocycles. The molecule has 0 aliphatic rings. The summed E-state index contributed by atoms with van der Waals surface area (Å²) in [6.07, 6.45) is 8.88. The second-order valence-electron chi connectivity index (χ2n) is 4.81. The maximum absolute atomic E-state index is 4.00. The third-order valence-electron chi connectivity index (χ3n) is 2.64. The van der Waals surface area contributed by atoms with Crippen LogP contribution >= 0.6 is 0 Å². The Morgan fingerprint density at radius 2 is 2.00 bits per heavy atom. The molecule has 2 nitrogen and oxygen atoms in total. The summed E-state index contributed by atoms with van der Waals surface area (Å²) in [6.45, 7) is 5.34. The number of benzene rings is 1. The molecule has 3 heteroatoms. The average Bonchev–Trinajstić information content (AvgIpc) is 2.91. The molecular weight excluding hydrogens is 231 g/mol. The smallest absolute Gasteiger partial charge is 0.129 e. The minimum atomic E-state index is 0.718. The molecule has 1 heterocycles. The standard InChI is InChI=1S/C11H12N2.C5H11B/c1-2-4-11(5-3-1)6-8-13-9-7-12-10-13;1-5(2)3-4-6/h1-5,7,9-10H,6,8H2;3-5H,6H2,1-2H3. The highest BCUT2D eigenvalue weighted by Gasteiger charge is 1.92. The quantitative estimate of drug-likeness (QED) is 0.767. The van der Waals surface area contributed by atoms with Crippen LogP contribution in [0, 0.1) is 5.92 Å². The number of hydrogen-bond acceptors (Lipinski definition) is 1. The molecule has 0 spiro atoms. The lowest BCUT2D eigenvalue weighted by Crippen LogP contribution is -1.97. The zero-order valence-corrected chi connectivity index (χ0v) is 12.2. The van der Waals surface area contributed by atoms with Gasteiger partial charge in [0.2, 0.25) is 0 Å². The van der Waals surface area contributed by atoms with Gasteiger partial charge in [-0.1, -0.05) is 50.3 Å². The Bertz CT molecular complexity index is 447. The molecule has 0 aliphatic carbocycles. The molecule has 0 radical (unpaired) electrons. The average molecular weight is 254 g/mol. The van der Waals surface area contributed by atoms with E-state index in [0.29, 0.717) is 0 Å². The van der Waals surface area contributed by atoms with Crippen molar-refractivity contribution in [3.63, 3.8) is 0 Å². The fourth-order valence-corrected chi connectivity index (χ4v) is 1.71. The lowest BCUT2D eigenvalue weighted by molar-refractivity contribution is 0.696. The van der Waals surface area contributed by atoms with Crippen molar-refractivity contribution in [2.45, 2.75) is 26.8 Å². The molecule has 0 aliphatic heterocycles. The van der Waals surface area contributed by atoms with Crippen LogP contribution in [-0.4, -0.2) is 17.4 Å². The first kappa shape index (κ1) is 15.3. The fraction of sp³-hybridized carbons (Fsp3) is 0.312. The SMILES string of the molecule is BC=CC(C)C.c1ccc(CCn2ccnc2)cc1. The van der Waals surface area contributed by atoms with Crippen molar-refractivity contribution in [3.8, 4) is 0 Å². The molecule has 0 bridgehead atoms. The number of aromatic nitrogens is 2. The van der Waals surface area contributed by atoms with Crippen LogP contribution in [0.4, 0.5) is 0 Å². The molecule has 0 saturated carbocycles. The molecule has 0 amide bonds. The van der Waals surface area contributed by atoms with Gasteiger partial charge < -0.3 is 4.57 Å². The van der Waals surface area contributed by atoms with E-state index in [1.54, 1.807) is 0 Å². The van der Waals surface area contributed by atoms with E-state index in [0.717, 1.165) is 18.9 Å². The highest BCUT2D eigenvalue weighted by atomic mass is 15.0. The van der Waals surface area contributed by atoms with Crippen molar-refractivity contribution in [2.75, 3.05) is 0 Å². The van der Waals surface area contributed by atoms with Crippen molar-refractivity contribution < 1.29 is 0 Å². The normalized spacial score (nSPS) is 10.5. The summed E-state index contributed by atoms with van der Waals surface area (Å²) in [6, 6.07) is 10.5. The van der Waals surface area contributed by atoms with Crippen molar-refractivity contribution in [3.05, 3.63) is 66.7 Å². The van der Waals surface area contributed by atoms with Crippen LogP contribution in [0.1, 0.15) is 19.4 Å². The first-order valence-electron chi connectivity index (χ1n) is 6.85. The predicted molar refractivity (Wildman–Crippen MR) is 84.9 cm³/mol. The number of rotatable bonds is 4. The topological polar surface area (TPSA) is 17.8 Å². The van der Waals surface area contributed by atoms with Gasteiger partial charge >= 0.3 is 0 Å². The molecule has 100 valence electrons. The van der Waals surface area contributed by atoms with Gasteiger partial charge in [0.25, 0.3) is 0 Å². The van der Waals surface area contributed by atoms with Crippen LogP contribution in [0.15, 0.2) is 61.1 Å². The monoisotopic (exact) mass is 254 g/mol. The molecule has 19 heavy (non-hydrogen) atoms. The molecule has 1 aromatic heterocycles. The third kappa shape index (κ3) is 7.30. The zero-order valence-electron chi connectivity index (χ0n) is 12.2. The van der Waals surface area contributed by atoms with Gasteiger partial charge in [-0.3, -0.25) is 0 Å². The predicted octanol–water partition coefficient (Wildman–Crippen LogP) is 2.92. The number of imidazole rings is 1. The second kappa shape index (κ2) is 9.20. The third-order valence-corrected chi connectivity index (χ3v) is 2.64. The summed E-state index contributed by atoms with van der Waals surface area (Å²) < 4.78 is 2.09.